The van der Waals surface area contributed by atoms with Crippen LogP contribution in [0.5, 0.6) is 0 Å². The second-order valence-electron chi connectivity index (χ2n) is 5.48. The summed E-state index contributed by atoms with van der Waals surface area (Å²) in [5.74, 6) is -0.308. The van der Waals surface area contributed by atoms with Gasteiger partial charge in [0.25, 0.3) is 5.91 Å². The number of hydrogen-bond acceptors (Lipinski definition) is 4. The maximum Gasteiger partial charge on any atom is 0.269 e. The van der Waals surface area contributed by atoms with E-state index in [0.29, 0.717) is 5.69 Å². The summed E-state index contributed by atoms with van der Waals surface area (Å²) in [6, 6.07) is 17.1. The minimum atomic E-state index is -0.781. The SMILES string of the molecule is CNc1ccc(C(=O)NCC(O)c2cccc3ccccc23)nc1. The number of aromatic nitrogens is 1. The molecule has 0 radical (unpaired) electrons. The molecule has 5 nitrogen and oxygen atoms in total. The van der Waals surface area contributed by atoms with Crippen LogP contribution in [0.1, 0.15) is 22.2 Å². The highest BCUT2D eigenvalue weighted by molar-refractivity contribution is 5.92. The van der Waals surface area contributed by atoms with Crippen molar-refractivity contribution < 1.29 is 9.90 Å². The highest BCUT2D eigenvalue weighted by Gasteiger charge is 2.13. The lowest BCUT2D eigenvalue weighted by Gasteiger charge is -2.14. The Bertz CT molecular complexity index is 841. The summed E-state index contributed by atoms with van der Waals surface area (Å²) in [6.45, 7) is 0.127. The van der Waals surface area contributed by atoms with Crippen molar-refractivity contribution in [3.05, 3.63) is 72.1 Å². The van der Waals surface area contributed by atoms with Crippen molar-refractivity contribution in [2.75, 3.05) is 18.9 Å². The first-order valence-corrected chi connectivity index (χ1v) is 7.77. The van der Waals surface area contributed by atoms with Crippen molar-refractivity contribution in [3.63, 3.8) is 0 Å². The summed E-state index contributed by atoms with van der Waals surface area (Å²) in [4.78, 5) is 16.2. The molecule has 0 bridgehead atoms. The molecular weight excluding hydrogens is 302 g/mol. The number of amides is 1. The second-order valence-corrected chi connectivity index (χ2v) is 5.48. The number of carbonyl (C=O) groups is 1. The molecule has 0 aliphatic rings. The number of rotatable bonds is 5. The van der Waals surface area contributed by atoms with Crippen molar-refractivity contribution in [2.45, 2.75) is 6.10 Å². The third-order valence-corrected chi connectivity index (χ3v) is 3.92. The first kappa shape index (κ1) is 16.0. The van der Waals surface area contributed by atoms with Gasteiger partial charge in [-0.2, -0.15) is 0 Å². The van der Waals surface area contributed by atoms with Crippen LogP contribution in [0.25, 0.3) is 10.8 Å². The molecular formula is C19H19N3O2. The van der Waals surface area contributed by atoms with Gasteiger partial charge in [0.15, 0.2) is 0 Å². The predicted octanol–water partition coefficient (Wildman–Crippen LogP) is 2.74. The Labute approximate surface area is 140 Å². The van der Waals surface area contributed by atoms with Gasteiger partial charge in [-0.3, -0.25) is 4.79 Å². The summed E-state index contributed by atoms with van der Waals surface area (Å²) in [5, 5.41) is 18.2. The Morgan fingerprint density at radius 1 is 1.12 bits per heavy atom. The average Bonchev–Trinajstić information content (AvgIpc) is 2.65. The van der Waals surface area contributed by atoms with Gasteiger partial charge in [0.05, 0.1) is 18.0 Å². The van der Waals surface area contributed by atoms with Gasteiger partial charge in [-0.15, -0.1) is 0 Å². The van der Waals surface area contributed by atoms with Crippen LogP contribution < -0.4 is 10.6 Å². The molecule has 3 N–H and O–H groups in total. The standard InChI is InChI=1S/C19H19N3O2/c1-20-14-9-10-17(21-11-14)19(24)22-12-18(23)16-8-4-6-13-5-2-3-7-15(13)16/h2-11,18,20,23H,12H2,1H3,(H,22,24). The second kappa shape index (κ2) is 7.10. The molecule has 0 saturated carbocycles. The Morgan fingerprint density at radius 2 is 1.92 bits per heavy atom. The number of carbonyl (C=O) groups excluding carboxylic acids is 1. The molecule has 0 fully saturated rings. The van der Waals surface area contributed by atoms with Crippen LogP contribution in [0.15, 0.2) is 60.8 Å². The summed E-state index contributed by atoms with van der Waals surface area (Å²) in [7, 11) is 1.79. The average molecular weight is 321 g/mol. The normalized spacial score (nSPS) is 11.9. The van der Waals surface area contributed by atoms with E-state index in [1.807, 2.05) is 42.5 Å². The van der Waals surface area contributed by atoms with Crippen molar-refractivity contribution in [3.8, 4) is 0 Å². The lowest BCUT2D eigenvalue weighted by atomic mass is 10.0. The molecule has 0 aliphatic heterocycles. The number of aliphatic hydroxyl groups is 1. The zero-order chi connectivity index (χ0) is 16.9. The molecule has 5 heteroatoms. The zero-order valence-corrected chi connectivity index (χ0v) is 13.4. The molecule has 2 aromatic carbocycles. The fourth-order valence-electron chi connectivity index (χ4n) is 2.61. The fraction of sp³-hybridized carbons (Fsp3) is 0.158. The van der Waals surface area contributed by atoms with Crippen LogP contribution in [0, 0.1) is 0 Å². The number of fused-ring (bicyclic) bond motifs is 1. The summed E-state index contributed by atoms with van der Waals surface area (Å²) in [6.07, 6.45) is 0.812. The van der Waals surface area contributed by atoms with Gasteiger partial charge in [0.2, 0.25) is 0 Å². The summed E-state index contributed by atoms with van der Waals surface area (Å²) in [5.41, 5.74) is 1.95. The molecule has 1 atom stereocenters. The largest absolute Gasteiger partial charge is 0.387 e. The van der Waals surface area contributed by atoms with Crippen molar-refractivity contribution in [2.24, 2.45) is 0 Å². The minimum absolute atomic E-state index is 0.127. The molecule has 1 unspecified atom stereocenters. The smallest absolute Gasteiger partial charge is 0.269 e. The quantitative estimate of drug-likeness (QED) is 0.675. The van der Waals surface area contributed by atoms with E-state index < -0.39 is 6.10 Å². The first-order chi connectivity index (χ1) is 11.7. The third kappa shape index (κ3) is 3.36. The molecule has 0 spiro atoms. The van der Waals surface area contributed by atoms with Gasteiger partial charge in [-0.25, -0.2) is 4.98 Å². The summed E-state index contributed by atoms with van der Waals surface area (Å²) >= 11 is 0. The van der Waals surface area contributed by atoms with E-state index in [0.717, 1.165) is 22.0 Å². The van der Waals surface area contributed by atoms with E-state index in [2.05, 4.69) is 15.6 Å². The molecule has 24 heavy (non-hydrogen) atoms. The Morgan fingerprint density at radius 3 is 2.67 bits per heavy atom. The van der Waals surface area contributed by atoms with Crippen LogP contribution in [0.3, 0.4) is 0 Å². The molecule has 0 saturated heterocycles. The topological polar surface area (TPSA) is 74.2 Å². The zero-order valence-electron chi connectivity index (χ0n) is 13.4. The third-order valence-electron chi connectivity index (χ3n) is 3.92. The van der Waals surface area contributed by atoms with Crippen LogP contribution in [0.2, 0.25) is 0 Å². The molecule has 3 rings (SSSR count). The van der Waals surface area contributed by atoms with Gasteiger partial charge in [-0.05, 0) is 28.5 Å². The van der Waals surface area contributed by atoms with Gasteiger partial charge < -0.3 is 15.7 Å². The van der Waals surface area contributed by atoms with E-state index in [1.54, 1.807) is 25.4 Å². The van der Waals surface area contributed by atoms with Crippen molar-refractivity contribution in [1.82, 2.24) is 10.3 Å². The molecule has 3 aromatic rings. The first-order valence-electron chi connectivity index (χ1n) is 7.77. The highest BCUT2D eigenvalue weighted by Crippen LogP contribution is 2.23. The van der Waals surface area contributed by atoms with Gasteiger partial charge in [0, 0.05) is 13.6 Å². The van der Waals surface area contributed by atoms with E-state index in [1.165, 1.54) is 0 Å². The van der Waals surface area contributed by atoms with E-state index in [9.17, 15) is 9.90 Å². The number of nitrogens with zero attached hydrogens (tertiary/aromatic N) is 1. The number of pyridine rings is 1. The summed E-state index contributed by atoms with van der Waals surface area (Å²) < 4.78 is 0. The molecule has 1 heterocycles. The number of nitrogens with one attached hydrogen (secondary N) is 2. The molecule has 122 valence electrons. The number of aliphatic hydroxyl groups excluding tert-OH is 1. The van der Waals surface area contributed by atoms with Crippen molar-refractivity contribution in [1.29, 1.82) is 0 Å². The van der Waals surface area contributed by atoms with Gasteiger partial charge in [0.1, 0.15) is 5.69 Å². The minimum Gasteiger partial charge on any atom is -0.387 e. The maximum absolute atomic E-state index is 12.1. The highest BCUT2D eigenvalue weighted by atomic mass is 16.3. The van der Waals surface area contributed by atoms with E-state index in [-0.39, 0.29) is 12.5 Å². The van der Waals surface area contributed by atoms with Gasteiger partial charge >= 0.3 is 0 Å². The Kier molecular flexibility index (Phi) is 4.72. The maximum atomic E-state index is 12.1. The fourth-order valence-corrected chi connectivity index (χ4v) is 2.61. The molecule has 1 amide bonds. The molecule has 1 aromatic heterocycles. The Hall–Kier alpha value is -2.92. The lowest BCUT2D eigenvalue weighted by Crippen LogP contribution is -2.29. The number of anilines is 1. The predicted molar refractivity (Wildman–Crippen MR) is 95.0 cm³/mol. The van der Waals surface area contributed by atoms with Crippen molar-refractivity contribution >= 4 is 22.4 Å². The molecule has 0 aliphatic carbocycles. The van der Waals surface area contributed by atoms with Crippen LogP contribution in [-0.4, -0.2) is 29.6 Å². The lowest BCUT2D eigenvalue weighted by molar-refractivity contribution is 0.0912. The van der Waals surface area contributed by atoms with Gasteiger partial charge in [-0.1, -0.05) is 42.5 Å². The van der Waals surface area contributed by atoms with Crippen LogP contribution in [-0.2, 0) is 0 Å². The monoisotopic (exact) mass is 321 g/mol. The van der Waals surface area contributed by atoms with E-state index >= 15 is 0 Å². The number of benzene rings is 2. The van der Waals surface area contributed by atoms with Crippen LogP contribution in [0.4, 0.5) is 5.69 Å². The Balaban J connectivity index is 1.70. The van der Waals surface area contributed by atoms with Crippen LogP contribution >= 0.6 is 0 Å². The van der Waals surface area contributed by atoms with E-state index in [4.69, 9.17) is 0 Å². The number of hydrogen-bond donors (Lipinski definition) is 3.